The van der Waals surface area contributed by atoms with Crippen molar-refractivity contribution in [2.45, 2.75) is 31.9 Å². The second-order valence-electron chi connectivity index (χ2n) is 2.30. The molecule has 2 unspecified atom stereocenters. The highest BCUT2D eigenvalue weighted by Gasteiger charge is 2.10. The third-order valence-corrected chi connectivity index (χ3v) is 3.77. The number of nitrogens with two attached hydrogens (primary N) is 1. The fourth-order valence-electron chi connectivity index (χ4n) is 0.675. The molecular formula is C6H13NO3S2. The SMILES string of the molecule is CCCC(C)SS(=O)OC(N)=O. The predicted molar refractivity (Wildman–Crippen MR) is 50.8 cm³/mol. The van der Waals surface area contributed by atoms with E-state index in [0.717, 1.165) is 23.6 Å². The third-order valence-electron chi connectivity index (χ3n) is 1.09. The summed E-state index contributed by atoms with van der Waals surface area (Å²) in [7, 11) is -0.538. The summed E-state index contributed by atoms with van der Waals surface area (Å²) in [6.45, 7) is 3.96. The van der Waals surface area contributed by atoms with Gasteiger partial charge in [-0.2, -0.15) is 0 Å². The largest absolute Gasteiger partial charge is 0.419 e. The number of carbonyl (C=O) groups is 1. The molecule has 0 rings (SSSR count). The minimum Gasteiger partial charge on any atom is -0.339 e. The van der Waals surface area contributed by atoms with Crippen LogP contribution in [0.4, 0.5) is 4.79 Å². The Morgan fingerprint density at radius 1 is 1.75 bits per heavy atom. The summed E-state index contributed by atoms with van der Waals surface area (Å²) >= 11 is 0. The van der Waals surface area contributed by atoms with Crippen LogP contribution in [0.1, 0.15) is 26.7 Å². The van der Waals surface area contributed by atoms with Crippen molar-refractivity contribution in [1.82, 2.24) is 0 Å². The fraction of sp³-hybridized carbons (Fsp3) is 0.833. The highest BCUT2D eigenvalue weighted by molar-refractivity contribution is 8.67. The molecule has 0 heterocycles. The van der Waals surface area contributed by atoms with Crippen LogP contribution in [0.2, 0.25) is 0 Å². The zero-order valence-corrected chi connectivity index (χ0v) is 8.74. The Morgan fingerprint density at radius 2 is 2.33 bits per heavy atom. The predicted octanol–water partition coefficient (Wildman–Crippen LogP) is 1.58. The molecule has 1 amide bonds. The zero-order chi connectivity index (χ0) is 9.56. The molecule has 0 spiro atoms. The number of primary amides is 1. The maximum absolute atomic E-state index is 10.9. The fourth-order valence-corrected chi connectivity index (χ4v) is 2.86. The number of amides is 1. The standard InChI is InChI=1S/C6H13NO3S2/c1-3-4-5(2)11-12(9)10-6(7)8/h5H,3-4H2,1-2H3,(H2,7,8). The van der Waals surface area contributed by atoms with Crippen molar-refractivity contribution in [2.75, 3.05) is 0 Å². The van der Waals surface area contributed by atoms with Gasteiger partial charge < -0.3 is 9.92 Å². The number of rotatable bonds is 5. The van der Waals surface area contributed by atoms with E-state index < -0.39 is 16.2 Å². The van der Waals surface area contributed by atoms with Gasteiger partial charge in [0.25, 0.3) is 10.1 Å². The molecule has 2 atom stereocenters. The Labute approximate surface area is 78.3 Å². The maximum Gasteiger partial charge on any atom is 0.419 e. The normalized spacial score (nSPS) is 15.2. The summed E-state index contributed by atoms with van der Waals surface area (Å²) in [4.78, 5) is 10.1. The molecule has 0 saturated heterocycles. The van der Waals surface area contributed by atoms with Gasteiger partial charge in [0.2, 0.25) is 0 Å². The molecule has 0 aromatic rings. The van der Waals surface area contributed by atoms with Crippen molar-refractivity contribution in [1.29, 1.82) is 0 Å². The van der Waals surface area contributed by atoms with Gasteiger partial charge in [-0.1, -0.05) is 20.3 Å². The molecule has 0 radical (unpaired) electrons. The van der Waals surface area contributed by atoms with Crippen LogP contribution in [0.5, 0.6) is 0 Å². The van der Waals surface area contributed by atoms with Crippen molar-refractivity contribution in [3.05, 3.63) is 0 Å². The van der Waals surface area contributed by atoms with Crippen LogP contribution in [0.15, 0.2) is 0 Å². The zero-order valence-electron chi connectivity index (χ0n) is 7.11. The lowest BCUT2D eigenvalue weighted by Crippen LogP contribution is -2.14. The Bertz CT molecular complexity index is 174. The van der Waals surface area contributed by atoms with E-state index in [1.165, 1.54) is 0 Å². The molecule has 0 fully saturated rings. The number of carbonyl (C=O) groups excluding carboxylic acids is 1. The molecule has 0 aromatic carbocycles. The van der Waals surface area contributed by atoms with Crippen molar-refractivity contribution in [3.63, 3.8) is 0 Å². The van der Waals surface area contributed by atoms with Gasteiger partial charge in [0, 0.05) is 5.25 Å². The Morgan fingerprint density at radius 3 is 2.75 bits per heavy atom. The molecule has 0 aliphatic heterocycles. The van der Waals surface area contributed by atoms with E-state index in [2.05, 4.69) is 9.92 Å². The van der Waals surface area contributed by atoms with Gasteiger partial charge in [-0.05, 0) is 17.2 Å². The topological polar surface area (TPSA) is 69.4 Å². The summed E-state index contributed by atoms with van der Waals surface area (Å²) < 4.78 is 15.1. The number of hydrogen-bond donors (Lipinski definition) is 1. The summed E-state index contributed by atoms with van der Waals surface area (Å²) in [6.07, 6.45) is 0.963. The summed E-state index contributed by atoms with van der Waals surface area (Å²) in [6, 6.07) is 0. The molecule has 72 valence electrons. The number of hydrogen-bond acceptors (Lipinski definition) is 4. The lowest BCUT2D eigenvalue weighted by Gasteiger charge is -2.06. The van der Waals surface area contributed by atoms with Gasteiger partial charge in [0.05, 0.1) is 0 Å². The van der Waals surface area contributed by atoms with E-state index in [9.17, 15) is 9.00 Å². The van der Waals surface area contributed by atoms with Crippen LogP contribution in [-0.4, -0.2) is 15.6 Å². The highest BCUT2D eigenvalue weighted by Crippen LogP contribution is 2.20. The second-order valence-corrected chi connectivity index (χ2v) is 5.27. The first-order chi connectivity index (χ1) is 5.56. The van der Waals surface area contributed by atoms with Crippen LogP contribution < -0.4 is 5.73 Å². The highest BCUT2D eigenvalue weighted by atomic mass is 33.1. The monoisotopic (exact) mass is 211 g/mol. The summed E-state index contributed by atoms with van der Waals surface area (Å²) in [5.74, 6) is 0. The molecule has 12 heavy (non-hydrogen) atoms. The van der Waals surface area contributed by atoms with Gasteiger partial charge in [0.1, 0.15) is 0 Å². The minimum absolute atomic E-state index is 0.218. The lowest BCUT2D eigenvalue weighted by molar-refractivity contribution is 0.217. The van der Waals surface area contributed by atoms with E-state index in [0.29, 0.717) is 0 Å². The van der Waals surface area contributed by atoms with Crippen molar-refractivity contribution in [3.8, 4) is 0 Å². The van der Waals surface area contributed by atoms with Crippen LogP contribution in [0.25, 0.3) is 0 Å². The molecule has 0 aliphatic carbocycles. The average Bonchev–Trinajstić information content (AvgIpc) is 1.84. The first-order valence-electron chi connectivity index (χ1n) is 3.63. The maximum atomic E-state index is 10.9. The van der Waals surface area contributed by atoms with Crippen LogP contribution in [-0.2, 0) is 14.3 Å². The van der Waals surface area contributed by atoms with Gasteiger partial charge in [-0.15, -0.1) is 0 Å². The first-order valence-corrected chi connectivity index (χ1v) is 6.10. The smallest absolute Gasteiger partial charge is 0.339 e. The van der Waals surface area contributed by atoms with Crippen LogP contribution in [0.3, 0.4) is 0 Å². The summed E-state index contributed by atoms with van der Waals surface area (Å²) in [5.41, 5.74) is 4.68. The molecule has 0 aliphatic rings. The average molecular weight is 211 g/mol. The Hall–Kier alpha value is -0.230. The van der Waals surface area contributed by atoms with Crippen molar-refractivity contribution in [2.24, 2.45) is 5.73 Å². The van der Waals surface area contributed by atoms with Crippen molar-refractivity contribution >= 4 is 27.0 Å². The van der Waals surface area contributed by atoms with E-state index >= 15 is 0 Å². The molecule has 0 aromatic heterocycles. The van der Waals surface area contributed by atoms with Gasteiger partial charge in [0.15, 0.2) is 0 Å². The van der Waals surface area contributed by atoms with Crippen LogP contribution >= 0.6 is 10.8 Å². The van der Waals surface area contributed by atoms with E-state index in [1.54, 1.807) is 0 Å². The van der Waals surface area contributed by atoms with Gasteiger partial charge >= 0.3 is 6.09 Å². The molecule has 0 saturated carbocycles. The first kappa shape index (κ1) is 11.8. The third kappa shape index (κ3) is 6.48. The second kappa shape index (κ2) is 6.30. The van der Waals surface area contributed by atoms with E-state index in [4.69, 9.17) is 0 Å². The quantitative estimate of drug-likeness (QED) is 0.701. The lowest BCUT2D eigenvalue weighted by atomic mass is 10.3. The molecule has 2 N–H and O–H groups in total. The molecule has 0 bridgehead atoms. The van der Waals surface area contributed by atoms with E-state index in [-0.39, 0.29) is 5.25 Å². The van der Waals surface area contributed by atoms with Gasteiger partial charge in [-0.3, -0.25) is 0 Å². The van der Waals surface area contributed by atoms with Gasteiger partial charge in [-0.25, -0.2) is 9.00 Å². The Balaban J connectivity index is 3.61. The van der Waals surface area contributed by atoms with Crippen molar-refractivity contribution < 1.29 is 13.2 Å². The minimum atomic E-state index is -1.64. The molecule has 6 heteroatoms. The summed E-state index contributed by atoms with van der Waals surface area (Å²) in [5, 5.41) is 0.218. The molecule has 4 nitrogen and oxygen atoms in total. The Kier molecular flexibility index (Phi) is 6.18. The molecular weight excluding hydrogens is 198 g/mol. The van der Waals surface area contributed by atoms with Crippen LogP contribution in [0, 0.1) is 0 Å². The van der Waals surface area contributed by atoms with E-state index in [1.807, 2.05) is 13.8 Å².